The Bertz CT molecular complexity index is 537. The van der Waals surface area contributed by atoms with Crippen LogP contribution in [0.2, 0.25) is 0 Å². The molecule has 1 saturated heterocycles. The third-order valence-electron chi connectivity index (χ3n) is 3.93. The molecule has 1 aliphatic heterocycles. The van der Waals surface area contributed by atoms with Crippen LogP contribution in [0, 0.1) is 5.92 Å². The minimum Gasteiger partial charge on any atom is -0.344 e. The van der Waals surface area contributed by atoms with Crippen molar-refractivity contribution in [2.24, 2.45) is 5.92 Å². The summed E-state index contributed by atoms with van der Waals surface area (Å²) in [6, 6.07) is 7.59. The lowest BCUT2D eigenvalue weighted by Crippen LogP contribution is -2.47. The predicted octanol–water partition coefficient (Wildman–Crippen LogP) is 2.69. The molecule has 1 aliphatic rings. The van der Waals surface area contributed by atoms with Crippen molar-refractivity contribution in [2.45, 2.75) is 46.1 Å². The van der Waals surface area contributed by atoms with Crippen LogP contribution in [0.1, 0.15) is 45.6 Å². The lowest BCUT2D eigenvalue weighted by molar-refractivity contribution is -0.126. The summed E-state index contributed by atoms with van der Waals surface area (Å²) in [5.41, 5.74) is 2.08. The zero-order valence-electron chi connectivity index (χ0n) is 13.2. The van der Waals surface area contributed by atoms with E-state index in [4.69, 9.17) is 0 Å². The first-order valence-electron chi connectivity index (χ1n) is 7.61. The first-order chi connectivity index (χ1) is 9.90. The highest BCUT2D eigenvalue weighted by Crippen LogP contribution is 2.24. The molecular weight excluding hydrogens is 264 g/mol. The average Bonchev–Trinajstić information content (AvgIpc) is 2.58. The summed E-state index contributed by atoms with van der Waals surface area (Å²) < 4.78 is 0. The van der Waals surface area contributed by atoms with Gasteiger partial charge in [-0.3, -0.25) is 9.59 Å². The van der Waals surface area contributed by atoms with Crippen molar-refractivity contribution in [1.82, 2.24) is 5.32 Å². The van der Waals surface area contributed by atoms with Gasteiger partial charge in [0, 0.05) is 18.7 Å². The first-order valence-corrected chi connectivity index (χ1v) is 7.61. The van der Waals surface area contributed by atoms with Crippen LogP contribution in [0.25, 0.3) is 0 Å². The number of amides is 2. The van der Waals surface area contributed by atoms with E-state index in [1.54, 1.807) is 4.90 Å². The Labute approximate surface area is 126 Å². The standard InChI is InChI=1S/C17H24N2O2/c1-11(2)13-6-5-7-14(10-13)19-9-8-15(20)18-16(12(3)4)17(19)21/h5-7,10-12,16H,8-9H2,1-4H3,(H,18,20). The lowest BCUT2D eigenvalue weighted by atomic mass is 10.0. The second kappa shape index (κ2) is 6.29. The minimum absolute atomic E-state index is 0.0169. The molecule has 1 aromatic rings. The summed E-state index contributed by atoms with van der Waals surface area (Å²) in [6.45, 7) is 8.61. The Hall–Kier alpha value is -1.84. The van der Waals surface area contributed by atoms with Crippen LogP contribution >= 0.6 is 0 Å². The molecule has 114 valence electrons. The van der Waals surface area contributed by atoms with Gasteiger partial charge >= 0.3 is 0 Å². The molecule has 21 heavy (non-hydrogen) atoms. The maximum Gasteiger partial charge on any atom is 0.249 e. The number of hydrogen-bond donors (Lipinski definition) is 1. The number of anilines is 1. The van der Waals surface area contributed by atoms with Crippen LogP contribution < -0.4 is 10.2 Å². The second-order valence-corrected chi connectivity index (χ2v) is 6.28. The third kappa shape index (κ3) is 3.43. The SMILES string of the molecule is CC(C)c1cccc(N2CCC(=O)NC(C(C)C)C2=O)c1. The van der Waals surface area contributed by atoms with E-state index >= 15 is 0 Å². The maximum atomic E-state index is 12.7. The fourth-order valence-electron chi connectivity index (χ4n) is 2.56. The molecule has 1 aromatic carbocycles. The number of hydrogen-bond acceptors (Lipinski definition) is 2. The van der Waals surface area contributed by atoms with Gasteiger partial charge in [0.2, 0.25) is 11.8 Å². The Balaban J connectivity index is 2.34. The number of nitrogens with one attached hydrogen (secondary N) is 1. The smallest absolute Gasteiger partial charge is 0.249 e. The Kier molecular flexibility index (Phi) is 4.66. The summed E-state index contributed by atoms with van der Waals surface area (Å²) in [6.07, 6.45) is 0.348. The van der Waals surface area contributed by atoms with Crippen molar-refractivity contribution in [2.75, 3.05) is 11.4 Å². The number of benzene rings is 1. The normalized spacial score (nSPS) is 19.9. The first kappa shape index (κ1) is 15.5. The van der Waals surface area contributed by atoms with E-state index in [-0.39, 0.29) is 17.7 Å². The molecule has 0 bridgehead atoms. The number of carbonyl (C=O) groups is 2. The molecule has 0 saturated carbocycles. The minimum atomic E-state index is -0.442. The second-order valence-electron chi connectivity index (χ2n) is 6.28. The van der Waals surface area contributed by atoms with Crippen LogP contribution in [0.4, 0.5) is 5.69 Å². The fraction of sp³-hybridized carbons (Fsp3) is 0.529. The van der Waals surface area contributed by atoms with Gasteiger partial charge in [-0.2, -0.15) is 0 Å². The zero-order valence-corrected chi connectivity index (χ0v) is 13.2. The quantitative estimate of drug-likeness (QED) is 0.929. The van der Waals surface area contributed by atoms with Crippen LogP contribution in [0.5, 0.6) is 0 Å². The highest BCUT2D eigenvalue weighted by molar-refractivity contribution is 6.01. The van der Waals surface area contributed by atoms with Crippen molar-refractivity contribution in [3.8, 4) is 0 Å². The van der Waals surface area contributed by atoms with Gasteiger partial charge in [0.05, 0.1) is 0 Å². The molecule has 0 aromatic heterocycles. The van der Waals surface area contributed by atoms with Crippen molar-refractivity contribution in [1.29, 1.82) is 0 Å². The van der Waals surface area contributed by atoms with Gasteiger partial charge < -0.3 is 10.2 Å². The molecule has 0 radical (unpaired) electrons. The summed E-state index contributed by atoms with van der Waals surface area (Å²) in [4.78, 5) is 26.3. The topological polar surface area (TPSA) is 49.4 Å². The summed E-state index contributed by atoms with van der Waals surface area (Å²) >= 11 is 0. The van der Waals surface area contributed by atoms with Gasteiger partial charge in [-0.05, 0) is 29.5 Å². The van der Waals surface area contributed by atoms with E-state index in [1.165, 1.54) is 5.56 Å². The van der Waals surface area contributed by atoms with Crippen LogP contribution in [-0.2, 0) is 9.59 Å². The maximum absolute atomic E-state index is 12.7. The molecule has 0 aliphatic carbocycles. The Morgan fingerprint density at radius 1 is 1.19 bits per heavy atom. The number of nitrogens with zero attached hydrogens (tertiary/aromatic N) is 1. The molecular formula is C17H24N2O2. The average molecular weight is 288 g/mol. The zero-order chi connectivity index (χ0) is 15.6. The molecule has 1 heterocycles. The molecule has 1 unspecified atom stereocenters. The molecule has 1 fully saturated rings. The monoisotopic (exact) mass is 288 g/mol. The van der Waals surface area contributed by atoms with E-state index in [9.17, 15) is 9.59 Å². The van der Waals surface area contributed by atoms with Gasteiger partial charge in [0.25, 0.3) is 0 Å². The van der Waals surface area contributed by atoms with Gasteiger partial charge in [-0.25, -0.2) is 0 Å². The summed E-state index contributed by atoms with van der Waals surface area (Å²) in [5, 5.41) is 2.84. The van der Waals surface area contributed by atoms with E-state index in [0.29, 0.717) is 18.9 Å². The van der Waals surface area contributed by atoms with Gasteiger partial charge in [0.15, 0.2) is 0 Å². The van der Waals surface area contributed by atoms with Gasteiger partial charge in [-0.1, -0.05) is 39.8 Å². The summed E-state index contributed by atoms with van der Waals surface area (Å²) in [5.74, 6) is 0.421. The molecule has 2 amide bonds. The number of rotatable bonds is 3. The lowest BCUT2D eigenvalue weighted by Gasteiger charge is -2.26. The van der Waals surface area contributed by atoms with Crippen LogP contribution in [-0.4, -0.2) is 24.4 Å². The van der Waals surface area contributed by atoms with Crippen molar-refractivity contribution in [3.05, 3.63) is 29.8 Å². The molecule has 2 rings (SSSR count). The molecule has 4 heteroatoms. The Morgan fingerprint density at radius 3 is 2.52 bits per heavy atom. The van der Waals surface area contributed by atoms with Crippen molar-refractivity contribution >= 4 is 17.5 Å². The van der Waals surface area contributed by atoms with Gasteiger partial charge in [0.1, 0.15) is 6.04 Å². The van der Waals surface area contributed by atoms with Crippen LogP contribution in [0.15, 0.2) is 24.3 Å². The molecule has 4 nitrogen and oxygen atoms in total. The van der Waals surface area contributed by atoms with E-state index in [1.807, 2.05) is 26.0 Å². The van der Waals surface area contributed by atoms with E-state index in [2.05, 4.69) is 31.3 Å². The largest absolute Gasteiger partial charge is 0.344 e. The Morgan fingerprint density at radius 2 is 1.90 bits per heavy atom. The van der Waals surface area contributed by atoms with Crippen LogP contribution in [0.3, 0.4) is 0 Å². The van der Waals surface area contributed by atoms with Gasteiger partial charge in [-0.15, -0.1) is 0 Å². The summed E-state index contributed by atoms with van der Waals surface area (Å²) in [7, 11) is 0. The highest BCUT2D eigenvalue weighted by Gasteiger charge is 2.32. The number of carbonyl (C=O) groups excluding carboxylic acids is 2. The molecule has 1 N–H and O–H groups in total. The van der Waals surface area contributed by atoms with Crippen molar-refractivity contribution in [3.63, 3.8) is 0 Å². The fourth-order valence-corrected chi connectivity index (χ4v) is 2.56. The molecule has 1 atom stereocenters. The third-order valence-corrected chi connectivity index (χ3v) is 3.93. The van der Waals surface area contributed by atoms with E-state index < -0.39 is 6.04 Å². The highest BCUT2D eigenvalue weighted by atomic mass is 16.2. The predicted molar refractivity (Wildman–Crippen MR) is 84.3 cm³/mol. The van der Waals surface area contributed by atoms with Crippen molar-refractivity contribution < 1.29 is 9.59 Å². The molecule has 0 spiro atoms. The van der Waals surface area contributed by atoms with E-state index in [0.717, 1.165) is 5.69 Å².